The molecule has 17 heavy (non-hydrogen) atoms. The summed E-state index contributed by atoms with van der Waals surface area (Å²) in [5.41, 5.74) is 0. The molecular formula is C13H22O4. The van der Waals surface area contributed by atoms with Crippen molar-refractivity contribution in [1.82, 2.24) is 0 Å². The van der Waals surface area contributed by atoms with Crippen LogP contribution in [0.2, 0.25) is 0 Å². The molecule has 4 rings (SSSR count). The quantitative estimate of drug-likeness (QED) is 0.669. The molecule has 0 aromatic rings. The van der Waals surface area contributed by atoms with Crippen LogP contribution in [0.15, 0.2) is 0 Å². The lowest BCUT2D eigenvalue weighted by molar-refractivity contribution is -0.495. The van der Waals surface area contributed by atoms with E-state index in [2.05, 4.69) is 0 Å². The Morgan fingerprint density at radius 2 is 1.53 bits per heavy atom. The van der Waals surface area contributed by atoms with Crippen molar-refractivity contribution in [2.75, 3.05) is 13.7 Å². The Kier molecular flexibility index (Phi) is 3.39. The molecule has 0 N–H and O–H groups in total. The summed E-state index contributed by atoms with van der Waals surface area (Å²) in [4.78, 5) is 0. The van der Waals surface area contributed by atoms with E-state index in [9.17, 15) is 0 Å². The zero-order chi connectivity index (χ0) is 11.7. The predicted octanol–water partition coefficient (Wildman–Crippen LogP) is 2.21. The van der Waals surface area contributed by atoms with Crippen molar-refractivity contribution < 1.29 is 18.9 Å². The Bertz CT molecular complexity index is 231. The molecule has 3 aliphatic heterocycles. The fourth-order valence-electron chi connectivity index (χ4n) is 3.24. The first-order valence-corrected chi connectivity index (χ1v) is 6.82. The Labute approximate surface area is 103 Å². The smallest absolute Gasteiger partial charge is 0.283 e. The summed E-state index contributed by atoms with van der Waals surface area (Å²) in [7, 11) is 1.74. The van der Waals surface area contributed by atoms with Crippen LogP contribution in [0.5, 0.6) is 0 Å². The van der Waals surface area contributed by atoms with Crippen molar-refractivity contribution in [3.8, 4) is 0 Å². The molecule has 4 bridgehead atoms. The van der Waals surface area contributed by atoms with Crippen molar-refractivity contribution in [1.29, 1.82) is 0 Å². The second-order valence-electron chi connectivity index (χ2n) is 5.41. The minimum Gasteiger partial charge on any atom is -0.385 e. The molecule has 1 aliphatic carbocycles. The van der Waals surface area contributed by atoms with Gasteiger partial charge in [-0.3, -0.25) is 0 Å². The first-order valence-electron chi connectivity index (χ1n) is 6.82. The molecule has 4 nitrogen and oxygen atoms in total. The molecule has 4 heteroatoms. The summed E-state index contributed by atoms with van der Waals surface area (Å²) in [6.45, 7) is 0.837. The Hall–Kier alpha value is -0.160. The number of hydrogen-bond donors (Lipinski definition) is 0. The summed E-state index contributed by atoms with van der Waals surface area (Å²) in [5.74, 6) is -0.693. The summed E-state index contributed by atoms with van der Waals surface area (Å²) in [6.07, 6.45) is 8.49. The number of ether oxygens (including phenoxy) is 4. The second-order valence-corrected chi connectivity index (χ2v) is 5.41. The molecule has 0 radical (unpaired) electrons. The van der Waals surface area contributed by atoms with Crippen LogP contribution < -0.4 is 0 Å². The van der Waals surface area contributed by atoms with Gasteiger partial charge < -0.3 is 18.9 Å². The molecule has 0 aromatic carbocycles. The van der Waals surface area contributed by atoms with Gasteiger partial charge in [0, 0.05) is 39.4 Å². The third-order valence-corrected chi connectivity index (χ3v) is 3.95. The third kappa shape index (κ3) is 2.50. The molecule has 0 atom stereocenters. The van der Waals surface area contributed by atoms with E-state index >= 15 is 0 Å². The zero-order valence-corrected chi connectivity index (χ0v) is 10.5. The summed E-state index contributed by atoms with van der Waals surface area (Å²) >= 11 is 0. The highest BCUT2D eigenvalue weighted by Gasteiger charge is 2.54. The number of rotatable bonds is 6. The predicted molar refractivity (Wildman–Crippen MR) is 61.5 cm³/mol. The van der Waals surface area contributed by atoms with Crippen molar-refractivity contribution >= 4 is 0 Å². The van der Waals surface area contributed by atoms with Crippen LogP contribution in [0.3, 0.4) is 0 Å². The van der Waals surface area contributed by atoms with E-state index in [-0.39, 0.29) is 0 Å². The van der Waals surface area contributed by atoms with Crippen LogP contribution in [-0.2, 0) is 18.9 Å². The molecule has 4 fully saturated rings. The van der Waals surface area contributed by atoms with E-state index in [0.29, 0.717) is 18.3 Å². The number of hydrogen-bond acceptors (Lipinski definition) is 4. The first kappa shape index (κ1) is 11.9. The highest BCUT2D eigenvalue weighted by molar-refractivity contribution is 4.91. The van der Waals surface area contributed by atoms with E-state index in [1.54, 1.807) is 7.11 Å². The van der Waals surface area contributed by atoms with Crippen LogP contribution in [0.25, 0.3) is 0 Å². The molecule has 3 saturated heterocycles. The van der Waals surface area contributed by atoms with Gasteiger partial charge in [-0.25, -0.2) is 0 Å². The number of methoxy groups -OCH3 is 1. The van der Waals surface area contributed by atoms with Gasteiger partial charge in [0.15, 0.2) is 0 Å². The van der Waals surface area contributed by atoms with Crippen LogP contribution in [0.4, 0.5) is 0 Å². The van der Waals surface area contributed by atoms with Gasteiger partial charge >= 0.3 is 0 Å². The van der Waals surface area contributed by atoms with E-state index in [1.807, 2.05) is 0 Å². The Morgan fingerprint density at radius 3 is 2.06 bits per heavy atom. The molecule has 0 unspecified atom stereocenters. The summed E-state index contributed by atoms with van der Waals surface area (Å²) in [6, 6.07) is 0. The molecule has 0 amide bonds. The minimum absolute atomic E-state index is 0.375. The van der Waals surface area contributed by atoms with E-state index < -0.39 is 5.97 Å². The van der Waals surface area contributed by atoms with Crippen molar-refractivity contribution in [2.45, 2.75) is 69.2 Å². The molecule has 98 valence electrons. The standard InChI is InChI=1S/C13H22O4/c1-14-6-4-2-3-5-13-15-10-7-11(16-13)9-12(8-10)17-13/h10-12H,2-9H2,1H3. The maximum absolute atomic E-state index is 5.94. The third-order valence-electron chi connectivity index (χ3n) is 3.95. The largest absolute Gasteiger partial charge is 0.385 e. The molecule has 0 aromatic heterocycles. The average Bonchev–Trinajstić information content (AvgIpc) is 2.26. The molecule has 3 heterocycles. The van der Waals surface area contributed by atoms with Crippen molar-refractivity contribution in [3.05, 3.63) is 0 Å². The highest BCUT2D eigenvalue weighted by atomic mass is 16.9. The topological polar surface area (TPSA) is 36.9 Å². The fraction of sp³-hybridized carbons (Fsp3) is 1.00. The van der Waals surface area contributed by atoms with Gasteiger partial charge in [-0.1, -0.05) is 6.42 Å². The van der Waals surface area contributed by atoms with E-state index in [4.69, 9.17) is 18.9 Å². The van der Waals surface area contributed by atoms with Gasteiger partial charge in [-0.2, -0.15) is 0 Å². The SMILES string of the molecule is COCCCCCC12OC3CC(CC(C3)O1)O2. The average molecular weight is 242 g/mol. The Balaban J connectivity index is 1.49. The van der Waals surface area contributed by atoms with Crippen LogP contribution in [0, 0.1) is 0 Å². The molecular weight excluding hydrogens is 220 g/mol. The van der Waals surface area contributed by atoms with E-state index in [0.717, 1.165) is 51.6 Å². The van der Waals surface area contributed by atoms with Gasteiger partial charge in [0.05, 0.1) is 18.3 Å². The maximum Gasteiger partial charge on any atom is 0.283 e. The lowest BCUT2D eigenvalue weighted by Gasteiger charge is -2.55. The van der Waals surface area contributed by atoms with Crippen molar-refractivity contribution in [3.63, 3.8) is 0 Å². The highest BCUT2D eigenvalue weighted by Crippen LogP contribution is 2.46. The van der Waals surface area contributed by atoms with Crippen molar-refractivity contribution in [2.24, 2.45) is 0 Å². The lowest BCUT2D eigenvalue weighted by Crippen LogP contribution is -2.62. The van der Waals surface area contributed by atoms with Gasteiger partial charge in [-0.05, 0) is 12.8 Å². The minimum atomic E-state index is -0.693. The van der Waals surface area contributed by atoms with Crippen LogP contribution in [-0.4, -0.2) is 38.0 Å². The Morgan fingerprint density at radius 1 is 0.941 bits per heavy atom. The molecule has 0 spiro atoms. The molecule has 4 aliphatic rings. The zero-order valence-electron chi connectivity index (χ0n) is 10.5. The van der Waals surface area contributed by atoms with Gasteiger partial charge in [0.2, 0.25) is 0 Å². The van der Waals surface area contributed by atoms with Gasteiger partial charge in [0.1, 0.15) is 0 Å². The lowest BCUT2D eigenvalue weighted by atomic mass is 9.88. The van der Waals surface area contributed by atoms with Gasteiger partial charge in [-0.15, -0.1) is 0 Å². The molecule has 1 saturated carbocycles. The monoisotopic (exact) mass is 242 g/mol. The first-order chi connectivity index (χ1) is 8.30. The van der Waals surface area contributed by atoms with Crippen LogP contribution in [0.1, 0.15) is 44.9 Å². The summed E-state index contributed by atoms with van der Waals surface area (Å²) in [5, 5.41) is 0. The van der Waals surface area contributed by atoms with Gasteiger partial charge in [0.25, 0.3) is 5.97 Å². The fourth-order valence-corrected chi connectivity index (χ4v) is 3.24. The normalized spacial score (nSPS) is 43.2. The summed E-state index contributed by atoms with van der Waals surface area (Å²) < 4.78 is 22.9. The van der Waals surface area contributed by atoms with Crippen LogP contribution >= 0.6 is 0 Å². The van der Waals surface area contributed by atoms with E-state index in [1.165, 1.54) is 0 Å². The number of unbranched alkanes of at least 4 members (excludes halogenated alkanes) is 2. The second kappa shape index (κ2) is 4.84. The maximum atomic E-state index is 5.94.